The van der Waals surface area contributed by atoms with Crippen LogP contribution in [0.4, 0.5) is 0 Å². The molecule has 1 atom stereocenters. The van der Waals surface area contributed by atoms with Crippen molar-refractivity contribution in [3.8, 4) is 17.6 Å². The van der Waals surface area contributed by atoms with Crippen LogP contribution in [-0.2, 0) is 11.2 Å². The third-order valence-corrected chi connectivity index (χ3v) is 4.42. The molecule has 0 aromatic heterocycles. The normalized spacial score (nSPS) is 11.9. The number of benzene rings is 2. The summed E-state index contributed by atoms with van der Waals surface area (Å²) in [5, 5.41) is 15.2. The summed E-state index contributed by atoms with van der Waals surface area (Å²) in [7, 11) is 0. The van der Waals surface area contributed by atoms with Crippen LogP contribution >= 0.6 is 0 Å². The van der Waals surface area contributed by atoms with Gasteiger partial charge < -0.3 is 20.1 Å². The van der Waals surface area contributed by atoms with E-state index < -0.39 is 5.91 Å². The number of amides is 1. The number of carbonyl (C=O) groups is 1. The first-order valence-corrected chi connectivity index (χ1v) is 10.2. The maximum absolute atomic E-state index is 12.4. The third kappa shape index (κ3) is 6.85. The Morgan fingerprint density at radius 1 is 1.10 bits per heavy atom. The minimum absolute atomic E-state index is 0.0412. The number of hydrogen-bond acceptors (Lipinski definition) is 5. The van der Waals surface area contributed by atoms with Crippen LogP contribution in [0, 0.1) is 11.3 Å². The Morgan fingerprint density at radius 2 is 1.80 bits per heavy atom. The second-order valence-corrected chi connectivity index (χ2v) is 6.63. The second-order valence-electron chi connectivity index (χ2n) is 6.63. The van der Waals surface area contributed by atoms with Gasteiger partial charge in [0.2, 0.25) is 0 Å². The van der Waals surface area contributed by atoms with Crippen LogP contribution < -0.4 is 20.1 Å². The summed E-state index contributed by atoms with van der Waals surface area (Å²) in [6.45, 7) is 7.47. The Kier molecular flexibility index (Phi) is 9.26. The Hall–Kier alpha value is -3.46. The molecule has 2 aromatic rings. The van der Waals surface area contributed by atoms with Gasteiger partial charge in [-0.1, -0.05) is 36.4 Å². The predicted octanol–water partition coefficient (Wildman–Crippen LogP) is 3.90. The van der Waals surface area contributed by atoms with E-state index in [1.54, 1.807) is 0 Å². The predicted molar refractivity (Wildman–Crippen MR) is 117 cm³/mol. The average molecular weight is 408 g/mol. The fourth-order valence-electron chi connectivity index (χ4n) is 2.89. The molecule has 6 nitrogen and oxygen atoms in total. The number of ether oxygens (including phenoxy) is 2. The van der Waals surface area contributed by atoms with Crippen LogP contribution in [0.1, 0.15) is 37.9 Å². The molecule has 6 heteroatoms. The molecule has 0 saturated carbocycles. The SMILES string of the molecule is CCOc1ccc(CCN/C=C(/C#N)C(=O)NC(C)c2ccccc2)cc1OCC. The number of hydrogen-bond donors (Lipinski definition) is 2. The number of carbonyl (C=O) groups excluding carboxylic acids is 1. The molecule has 0 spiro atoms. The molecule has 30 heavy (non-hydrogen) atoms. The van der Waals surface area contributed by atoms with Gasteiger partial charge in [0, 0.05) is 12.7 Å². The van der Waals surface area contributed by atoms with Crippen molar-refractivity contribution < 1.29 is 14.3 Å². The monoisotopic (exact) mass is 407 g/mol. The fourth-order valence-corrected chi connectivity index (χ4v) is 2.89. The van der Waals surface area contributed by atoms with Crippen molar-refractivity contribution in [1.29, 1.82) is 5.26 Å². The number of rotatable bonds is 11. The largest absolute Gasteiger partial charge is 0.490 e. The summed E-state index contributed by atoms with van der Waals surface area (Å²) in [6, 6.07) is 17.2. The molecule has 0 heterocycles. The lowest BCUT2D eigenvalue weighted by molar-refractivity contribution is -0.117. The molecule has 0 aliphatic heterocycles. The maximum Gasteiger partial charge on any atom is 0.263 e. The fraction of sp³-hybridized carbons (Fsp3) is 0.333. The van der Waals surface area contributed by atoms with Crippen molar-refractivity contribution >= 4 is 5.91 Å². The molecule has 2 N–H and O–H groups in total. The topological polar surface area (TPSA) is 83.4 Å². The molecular formula is C24H29N3O3. The number of nitrogens with zero attached hydrogens (tertiary/aromatic N) is 1. The quantitative estimate of drug-likeness (QED) is 0.335. The third-order valence-electron chi connectivity index (χ3n) is 4.42. The summed E-state index contributed by atoms with van der Waals surface area (Å²) in [6.07, 6.45) is 2.18. The first-order valence-electron chi connectivity index (χ1n) is 10.2. The number of nitriles is 1. The standard InChI is InChI=1S/C24H29N3O3/c1-4-29-22-12-11-19(15-23(22)30-5-2)13-14-26-17-21(16-25)24(28)27-18(3)20-9-7-6-8-10-20/h6-12,15,17-18,26H,4-5,13-14H2,1-3H3,(H,27,28)/b21-17-. The zero-order valence-electron chi connectivity index (χ0n) is 17.8. The van der Waals surface area contributed by atoms with E-state index in [4.69, 9.17) is 9.47 Å². The highest BCUT2D eigenvalue weighted by atomic mass is 16.5. The van der Waals surface area contributed by atoms with Crippen LogP contribution in [-0.4, -0.2) is 25.7 Å². The minimum Gasteiger partial charge on any atom is -0.490 e. The minimum atomic E-state index is -0.402. The Balaban J connectivity index is 1.90. The van der Waals surface area contributed by atoms with Gasteiger partial charge in [0.15, 0.2) is 11.5 Å². The second kappa shape index (κ2) is 12.2. The Morgan fingerprint density at radius 3 is 2.47 bits per heavy atom. The van der Waals surface area contributed by atoms with Gasteiger partial charge in [-0.15, -0.1) is 0 Å². The van der Waals surface area contributed by atoms with E-state index in [9.17, 15) is 10.1 Å². The highest BCUT2D eigenvalue weighted by Crippen LogP contribution is 2.28. The molecule has 1 amide bonds. The van der Waals surface area contributed by atoms with E-state index in [0.29, 0.717) is 26.2 Å². The molecule has 0 bridgehead atoms. The summed E-state index contributed by atoms with van der Waals surface area (Å²) < 4.78 is 11.2. The Bertz CT molecular complexity index is 888. The molecular weight excluding hydrogens is 378 g/mol. The van der Waals surface area contributed by atoms with Gasteiger partial charge >= 0.3 is 0 Å². The molecule has 2 rings (SSSR count). The average Bonchev–Trinajstić information content (AvgIpc) is 2.76. The van der Waals surface area contributed by atoms with Crippen molar-refractivity contribution in [2.75, 3.05) is 19.8 Å². The van der Waals surface area contributed by atoms with Crippen molar-refractivity contribution in [1.82, 2.24) is 10.6 Å². The lowest BCUT2D eigenvalue weighted by Gasteiger charge is -2.14. The molecule has 158 valence electrons. The molecule has 1 unspecified atom stereocenters. The Labute approximate surface area is 178 Å². The van der Waals surface area contributed by atoms with Crippen molar-refractivity contribution in [2.24, 2.45) is 0 Å². The lowest BCUT2D eigenvalue weighted by atomic mass is 10.1. The highest BCUT2D eigenvalue weighted by molar-refractivity contribution is 5.97. The van der Waals surface area contributed by atoms with Gasteiger partial charge in [-0.2, -0.15) is 5.26 Å². The molecule has 0 radical (unpaired) electrons. The van der Waals surface area contributed by atoms with Crippen LogP contribution in [0.3, 0.4) is 0 Å². The molecule has 0 fully saturated rings. The van der Waals surface area contributed by atoms with E-state index in [-0.39, 0.29) is 11.6 Å². The van der Waals surface area contributed by atoms with E-state index in [0.717, 1.165) is 22.6 Å². The smallest absolute Gasteiger partial charge is 0.263 e. The lowest BCUT2D eigenvalue weighted by Crippen LogP contribution is -2.28. The van der Waals surface area contributed by atoms with Gasteiger partial charge in [0.1, 0.15) is 11.6 Å². The van der Waals surface area contributed by atoms with Crippen LogP contribution in [0.2, 0.25) is 0 Å². The molecule has 0 aliphatic carbocycles. The summed E-state index contributed by atoms with van der Waals surface area (Å²) in [4.78, 5) is 12.4. The van der Waals surface area contributed by atoms with E-state index in [1.807, 2.05) is 75.4 Å². The summed E-state index contributed by atoms with van der Waals surface area (Å²) in [5.74, 6) is 1.05. The van der Waals surface area contributed by atoms with Crippen molar-refractivity contribution in [3.05, 3.63) is 71.4 Å². The van der Waals surface area contributed by atoms with Gasteiger partial charge in [0.25, 0.3) is 5.91 Å². The van der Waals surface area contributed by atoms with Crippen LogP contribution in [0.5, 0.6) is 11.5 Å². The maximum atomic E-state index is 12.4. The van der Waals surface area contributed by atoms with Gasteiger partial charge in [-0.3, -0.25) is 4.79 Å². The zero-order chi connectivity index (χ0) is 21.8. The van der Waals surface area contributed by atoms with E-state index in [1.165, 1.54) is 6.20 Å². The van der Waals surface area contributed by atoms with E-state index >= 15 is 0 Å². The first-order chi connectivity index (χ1) is 14.6. The van der Waals surface area contributed by atoms with Crippen molar-refractivity contribution in [3.63, 3.8) is 0 Å². The molecule has 2 aromatic carbocycles. The van der Waals surface area contributed by atoms with Crippen LogP contribution in [0.15, 0.2) is 60.3 Å². The number of nitrogens with one attached hydrogen (secondary N) is 2. The zero-order valence-corrected chi connectivity index (χ0v) is 17.8. The van der Waals surface area contributed by atoms with Gasteiger partial charge in [0.05, 0.1) is 19.3 Å². The van der Waals surface area contributed by atoms with Crippen molar-refractivity contribution in [2.45, 2.75) is 33.2 Å². The summed E-state index contributed by atoms with van der Waals surface area (Å²) in [5.41, 5.74) is 2.10. The highest BCUT2D eigenvalue weighted by Gasteiger charge is 2.13. The van der Waals surface area contributed by atoms with Crippen LogP contribution in [0.25, 0.3) is 0 Å². The van der Waals surface area contributed by atoms with Gasteiger partial charge in [-0.05, 0) is 50.5 Å². The first kappa shape index (κ1) is 22.8. The summed E-state index contributed by atoms with van der Waals surface area (Å²) >= 11 is 0. The van der Waals surface area contributed by atoms with E-state index in [2.05, 4.69) is 10.6 Å². The molecule has 0 saturated heterocycles. The van der Waals surface area contributed by atoms with Gasteiger partial charge in [-0.25, -0.2) is 0 Å². The molecule has 0 aliphatic rings.